The summed E-state index contributed by atoms with van der Waals surface area (Å²) in [6.07, 6.45) is 0.359. The number of aliphatic hydroxyl groups excluding tert-OH is 2. The highest BCUT2D eigenvalue weighted by Gasteiger charge is 2.21. The van der Waals surface area contributed by atoms with Crippen LogP contribution in [0.5, 0.6) is 0 Å². The topological polar surface area (TPSA) is 157 Å². The van der Waals surface area contributed by atoms with Gasteiger partial charge in [0.15, 0.2) is 11.2 Å². The third-order valence-corrected chi connectivity index (χ3v) is 5.00. The summed E-state index contributed by atoms with van der Waals surface area (Å²) < 4.78 is 3.88. The molecule has 0 bridgehead atoms. The van der Waals surface area contributed by atoms with Crippen LogP contribution in [0.15, 0.2) is 40.2 Å². The number of aryl methyl sites for hydroxylation is 1. The molecule has 0 radical (unpaired) electrons. The van der Waals surface area contributed by atoms with Gasteiger partial charge in [0.2, 0.25) is 0 Å². The van der Waals surface area contributed by atoms with E-state index in [1.807, 2.05) is 0 Å². The average molecular weight is 418 g/mol. The Labute approximate surface area is 169 Å². The minimum atomic E-state index is -1.09. The van der Waals surface area contributed by atoms with Gasteiger partial charge in [0.1, 0.15) is 0 Å². The van der Waals surface area contributed by atoms with Crippen molar-refractivity contribution in [1.82, 2.24) is 24.0 Å². The number of nitrogens with zero attached hydrogens (tertiary/aromatic N) is 5. The molecule has 12 nitrogen and oxygen atoms in total. The average Bonchev–Trinajstić information content (AvgIpc) is 3.17. The summed E-state index contributed by atoms with van der Waals surface area (Å²) in [5.74, 6) is 0. The smallest absolute Gasteiger partial charge is 0.332 e. The van der Waals surface area contributed by atoms with Crippen molar-refractivity contribution in [2.24, 2.45) is 14.1 Å². The van der Waals surface area contributed by atoms with Crippen molar-refractivity contribution in [3.63, 3.8) is 0 Å². The van der Waals surface area contributed by atoms with Crippen LogP contribution in [0.1, 0.15) is 11.7 Å². The first-order valence-electron chi connectivity index (χ1n) is 9.13. The lowest BCUT2D eigenvalue weighted by atomic mass is 10.0. The van der Waals surface area contributed by atoms with Crippen LogP contribution in [0.3, 0.4) is 0 Å². The molecular formula is C18H22N6O6. The van der Waals surface area contributed by atoms with E-state index in [0.717, 1.165) is 4.57 Å². The van der Waals surface area contributed by atoms with Crippen molar-refractivity contribution in [2.75, 3.05) is 13.2 Å². The van der Waals surface area contributed by atoms with Crippen LogP contribution in [-0.2, 0) is 20.6 Å². The SMILES string of the molecule is Cn1c(=O)c2c(ncn2CCN[C@@H](CO)[C@H](O)c2ccc([N+](=O)[O-])cc2)n(C)c1=O. The normalized spacial score (nSPS) is 13.5. The van der Waals surface area contributed by atoms with E-state index in [1.165, 1.54) is 49.3 Å². The number of fused-ring (bicyclic) bond motifs is 1. The lowest BCUT2D eigenvalue weighted by Crippen LogP contribution is -2.40. The maximum absolute atomic E-state index is 12.4. The fraction of sp³-hybridized carbons (Fsp3) is 0.389. The minimum Gasteiger partial charge on any atom is -0.395 e. The van der Waals surface area contributed by atoms with E-state index in [-0.39, 0.29) is 30.0 Å². The van der Waals surface area contributed by atoms with Crippen molar-refractivity contribution < 1.29 is 15.1 Å². The molecule has 3 rings (SSSR count). The molecule has 0 unspecified atom stereocenters. The van der Waals surface area contributed by atoms with Crippen LogP contribution in [0.4, 0.5) is 5.69 Å². The number of nitro benzene ring substituents is 1. The first-order valence-corrected chi connectivity index (χ1v) is 9.13. The Kier molecular flexibility index (Phi) is 6.10. The van der Waals surface area contributed by atoms with Crippen molar-refractivity contribution >= 4 is 16.9 Å². The van der Waals surface area contributed by atoms with Gasteiger partial charge in [0.05, 0.1) is 30.0 Å². The number of hydrogen-bond donors (Lipinski definition) is 3. The van der Waals surface area contributed by atoms with Gasteiger partial charge in [-0.25, -0.2) is 9.78 Å². The van der Waals surface area contributed by atoms with Gasteiger partial charge in [-0.3, -0.25) is 24.0 Å². The minimum absolute atomic E-state index is 0.0950. The number of imidazole rings is 1. The van der Waals surface area contributed by atoms with Gasteiger partial charge >= 0.3 is 5.69 Å². The molecule has 2 heterocycles. The maximum Gasteiger partial charge on any atom is 0.332 e. The van der Waals surface area contributed by atoms with E-state index in [2.05, 4.69) is 10.3 Å². The summed E-state index contributed by atoms with van der Waals surface area (Å²) in [6, 6.07) is 4.70. The molecule has 30 heavy (non-hydrogen) atoms. The fourth-order valence-corrected chi connectivity index (χ4v) is 3.24. The van der Waals surface area contributed by atoms with Crippen LogP contribution in [0, 0.1) is 10.1 Å². The summed E-state index contributed by atoms with van der Waals surface area (Å²) in [6.45, 7) is 0.208. The standard InChI is InChI=1S/C18H22N6O6/c1-21-16-14(17(27)22(2)18(21)28)23(10-20-16)8-7-19-13(9-25)15(26)11-3-5-12(6-4-11)24(29)30/h3-6,10,13,15,19,25-26H,7-9H2,1-2H3/t13-,15+/m0/s1. The highest BCUT2D eigenvalue weighted by Crippen LogP contribution is 2.20. The predicted molar refractivity (Wildman–Crippen MR) is 107 cm³/mol. The van der Waals surface area contributed by atoms with E-state index in [9.17, 15) is 29.9 Å². The van der Waals surface area contributed by atoms with E-state index < -0.39 is 28.3 Å². The molecular weight excluding hydrogens is 396 g/mol. The van der Waals surface area contributed by atoms with E-state index >= 15 is 0 Å². The summed E-state index contributed by atoms with van der Waals surface area (Å²) in [4.78, 5) is 38.8. The van der Waals surface area contributed by atoms with Crippen molar-refractivity contribution in [2.45, 2.75) is 18.7 Å². The van der Waals surface area contributed by atoms with Gasteiger partial charge in [0, 0.05) is 39.3 Å². The Morgan fingerprint density at radius 1 is 1.20 bits per heavy atom. The zero-order chi connectivity index (χ0) is 22.0. The Morgan fingerprint density at radius 2 is 1.87 bits per heavy atom. The summed E-state index contributed by atoms with van der Waals surface area (Å²) in [5, 5.41) is 33.9. The zero-order valence-corrected chi connectivity index (χ0v) is 16.4. The monoisotopic (exact) mass is 418 g/mol. The Bertz CT molecular complexity index is 1180. The van der Waals surface area contributed by atoms with Crippen LogP contribution >= 0.6 is 0 Å². The fourth-order valence-electron chi connectivity index (χ4n) is 3.24. The Hall–Kier alpha value is -3.35. The lowest BCUT2D eigenvalue weighted by Gasteiger charge is -2.22. The number of rotatable bonds is 8. The van der Waals surface area contributed by atoms with Gasteiger partial charge in [-0.1, -0.05) is 0 Å². The Morgan fingerprint density at radius 3 is 2.47 bits per heavy atom. The molecule has 2 aromatic heterocycles. The summed E-state index contributed by atoms with van der Waals surface area (Å²) in [7, 11) is 2.92. The highest BCUT2D eigenvalue weighted by molar-refractivity contribution is 5.69. The Balaban J connectivity index is 1.72. The zero-order valence-electron chi connectivity index (χ0n) is 16.4. The molecule has 12 heteroatoms. The molecule has 0 amide bonds. The summed E-state index contributed by atoms with van der Waals surface area (Å²) in [5.41, 5.74) is -0.0604. The van der Waals surface area contributed by atoms with E-state index in [0.29, 0.717) is 12.1 Å². The third-order valence-electron chi connectivity index (χ3n) is 5.00. The second-order valence-electron chi connectivity index (χ2n) is 6.85. The second-order valence-corrected chi connectivity index (χ2v) is 6.85. The van der Waals surface area contributed by atoms with Gasteiger partial charge in [-0.2, -0.15) is 0 Å². The molecule has 0 aliphatic heterocycles. The number of aliphatic hydroxyl groups is 2. The van der Waals surface area contributed by atoms with Gasteiger partial charge in [-0.15, -0.1) is 0 Å². The molecule has 0 aliphatic rings. The quantitative estimate of drug-likeness (QED) is 0.311. The van der Waals surface area contributed by atoms with Crippen molar-refractivity contribution in [3.05, 3.63) is 67.1 Å². The molecule has 3 aromatic rings. The number of non-ortho nitro benzene ring substituents is 1. The van der Waals surface area contributed by atoms with E-state index in [4.69, 9.17) is 0 Å². The van der Waals surface area contributed by atoms with Crippen LogP contribution in [0.2, 0.25) is 0 Å². The van der Waals surface area contributed by atoms with Crippen LogP contribution in [0.25, 0.3) is 11.2 Å². The number of nitrogens with one attached hydrogen (secondary N) is 1. The van der Waals surface area contributed by atoms with Crippen LogP contribution in [-0.4, -0.2) is 53.0 Å². The first-order chi connectivity index (χ1) is 14.3. The second kappa shape index (κ2) is 8.57. The molecule has 160 valence electrons. The largest absolute Gasteiger partial charge is 0.395 e. The highest BCUT2D eigenvalue weighted by atomic mass is 16.6. The maximum atomic E-state index is 12.4. The number of hydrogen-bond acceptors (Lipinski definition) is 8. The van der Waals surface area contributed by atoms with Crippen molar-refractivity contribution in [1.29, 1.82) is 0 Å². The molecule has 0 spiro atoms. The number of benzene rings is 1. The molecule has 2 atom stereocenters. The van der Waals surface area contributed by atoms with Crippen LogP contribution < -0.4 is 16.6 Å². The molecule has 0 saturated carbocycles. The first kappa shape index (κ1) is 21.4. The lowest BCUT2D eigenvalue weighted by molar-refractivity contribution is -0.384. The van der Waals surface area contributed by atoms with Gasteiger partial charge in [0.25, 0.3) is 11.2 Å². The summed E-state index contributed by atoms with van der Waals surface area (Å²) >= 11 is 0. The number of nitro groups is 1. The van der Waals surface area contributed by atoms with Gasteiger partial charge in [-0.05, 0) is 17.7 Å². The molecule has 3 N–H and O–H groups in total. The van der Waals surface area contributed by atoms with E-state index in [1.54, 1.807) is 4.57 Å². The number of aromatic nitrogens is 4. The van der Waals surface area contributed by atoms with Crippen molar-refractivity contribution in [3.8, 4) is 0 Å². The predicted octanol–water partition coefficient (Wildman–Crippen LogP) is -0.974. The third kappa shape index (κ3) is 3.87. The molecule has 1 aromatic carbocycles. The molecule has 0 fully saturated rings. The molecule has 0 aliphatic carbocycles. The van der Waals surface area contributed by atoms with Gasteiger partial charge < -0.3 is 20.1 Å². The molecule has 0 saturated heterocycles.